The number of benzene rings is 1. The number of halogens is 2. The van der Waals surface area contributed by atoms with Crippen LogP contribution in [0.4, 0.5) is 8.78 Å². The highest BCUT2D eigenvalue weighted by Crippen LogP contribution is 2.67. The predicted octanol–water partition coefficient (Wildman–Crippen LogP) is 3.66. The van der Waals surface area contributed by atoms with Gasteiger partial charge in [0.2, 0.25) is 0 Å². The van der Waals surface area contributed by atoms with Crippen molar-refractivity contribution in [2.24, 2.45) is 5.41 Å². The maximum atomic E-state index is 14.0. The van der Waals surface area contributed by atoms with Gasteiger partial charge < -0.3 is 5.11 Å². The number of hydrogen-bond acceptors (Lipinski definition) is 3. The number of carbonyl (C=O) groups is 1. The van der Waals surface area contributed by atoms with Gasteiger partial charge in [0.05, 0.1) is 17.0 Å². The Morgan fingerprint density at radius 1 is 1.25 bits per heavy atom. The highest BCUT2D eigenvalue weighted by Gasteiger charge is 2.67. The van der Waals surface area contributed by atoms with E-state index in [4.69, 9.17) is 0 Å². The minimum absolute atomic E-state index is 0.00677. The lowest BCUT2D eigenvalue weighted by molar-refractivity contribution is -0.147. The van der Waals surface area contributed by atoms with Gasteiger partial charge in [-0.15, -0.1) is 5.10 Å². The molecule has 0 saturated heterocycles. The van der Waals surface area contributed by atoms with E-state index in [1.165, 1.54) is 18.2 Å². The van der Waals surface area contributed by atoms with Gasteiger partial charge in [-0.05, 0) is 47.9 Å². The quantitative estimate of drug-likeness (QED) is 0.913. The minimum atomic E-state index is -1.08. The van der Waals surface area contributed by atoms with Crippen LogP contribution in [-0.2, 0) is 10.2 Å². The Morgan fingerprint density at radius 2 is 1.92 bits per heavy atom. The number of aliphatic carboxylic acids is 1. The second-order valence-corrected chi connectivity index (χ2v) is 7.15. The molecule has 2 atom stereocenters. The highest BCUT2D eigenvalue weighted by molar-refractivity contribution is 5.86. The van der Waals surface area contributed by atoms with Crippen LogP contribution in [0.2, 0.25) is 0 Å². The molecule has 0 radical (unpaired) electrons. The first kappa shape index (κ1) is 15.2. The topological polar surface area (TPSA) is 63.1 Å². The Labute approximate surface area is 137 Å². The molecule has 0 amide bonds. The fraction of sp³-hybridized carbons (Fsp3) is 0.389. The molecule has 124 valence electrons. The number of aromatic nitrogens is 2. The lowest BCUT2D eigenvalue weighted by Gasteiger charge is -2.33. The number of hydrogen-bond donors (Lipinski definition) is 1. The van der Waals surface area contributed by atoms with Gasteiger partial charge in [-0.2, -0.15) is 5.10 Å². The molecule has 6 heteroatoms. The largest absolute Gasteiger partial charge is 0.481 e. The van der Waals surface area contributed by atoms with Crippen LogP contribution in [0.3, 0.4) is 0 Å². The van der Waals surface area contributed by atoms with Crippen LogP contribution in [0, 0.1) is 17.0 Å². The van der Waals surface area contributed by atoms with Crippen molar-refractivity contribution in [1.82, 2.24) is 10.2 Å². The molecule has 1 unspecified atom stereocenters. The van der Waals surface area contributed by atoms with Crippen molar-refractivity contribution in [1.29, 1.82) is 0 Å². The van der Waals surface area contributed by atoms with E-state index in [0.29, 0.717) is 12.1 Å². The smallest absolute Gasteiger partial charge is 0.316 e. The molecular weight excluding hydrogens is 314 g/mol. The molecule has 1 aromatic carbocycles. The molecule has 24 heavy (non-hydrogen) atoms. The van der Waals surface area contributed by atoms with Crippen molar-refractivity contribution in [3.63, 3.8) is 0 Å². The fourth-order valence-corrected chi connectivity index (χ4v) is 4.66. The van der Waals surface area contributed by atoms with Gasteiger partial charge in [0, 0.05) is 0 Å². The third-order valence-electron chi connectivity index (χ3n) is 5.97. The Kier molecular flexibility index (Phi) is 2.90. The Balaban J connectivity index is 1.94. The fourth-order valence-electron chi connectivity index (χ4n) is 4.66. The Morgan fingerprint density at radius 3 is 2.54 bits per heavy atom. The molecule has 4 nitrogen and oxygen atoms in total. The first-order chi connectivity index (χ1) is 11.3. The zero-order valence-electron chi connectivity index (χ0n) is 13.3. The molecule has 2 aliphatic rings. The summed E-state index contributed by atoms with van der Waals surface area (Å²) in [6.45, 7) is 3.84. The summed E-state index contributed by atoms with van der Waals surface area (Å²) in [6.07, 6.45) is 1.23. The van der Waals surface area contributed by atoms with E-state index in [9.17, 15) is 18.7 Å². The van der Waals surface area contributed by atoms with Crippen LogP contribution in [0.25, 0.3) is 11.3 Å². The summed E-state index contributed by atoms with van der Waals surface area (Å²) in [6, 6.07) is 5.24. The molecule has 1 heterocycles. The second-order valence-electron chi connectivity index (χ2n) is 7.15. The van der Waals surface area contributed by atoms with E-state index in [2.05, 4.69) is 10.2 Å². The normalized spacial score (nSPS) is 26.4. The molecule has 1 saturated carbocycles. The van der Waals surface area contributed by atoms with Gasteiger partial charge in [0.25, 0.3) is 0 Å². The maximum Gasteiger partial charge on any atom is 0.316 e. The van der Waals surface area contributed by atoms with Crippen molar-refractivity contribution >= 4 is 5.97 Å². The summed E-state index contributed by atoms with van der Waals surface area (Å²) in [5, 5.41) is 17.9. The van der Waals surface area contributed by atoms with Crippen molar-refractivity contribution < 1.29 is 18.7 Å². The van der Waals surface area contributed by atoms with Crippen molar-refractivity contribution in [3.8, 4) is 11.3 Å². The number of carboxylic acid groups (broad SMARTS) is 1. The van der Waals surface area contributed by atoms with Crippen LogP contribution in [0.15, 0.2) is 24.3 Å². The number of rotatable bonds is 2. The van der Waals surface area contributed by atoms with Crippen LogP contribution >= 0.6 is 0 Å². The zero-order chi connectivity index (χ0) is 17.3. The molecule has 2 aromatic rings. The first-order valence-corrected chi connectivity index (χ1v) is 7.86. The van der Waals surface area contributed by atoms with E-state index >= 15 is 0 Å². The lowest BCUT2D eigenvalue weighted by atomic mass is 9.68. The molecule has 2 aliphatic carbocycles. The Hall–Kier alpha value is -2.37. The molecule has 1 fully saturated rings. The second kappa shape index (κ2) is 4.59. The molecule has 2 bridgehead atoms. The number of fused-ring (bicyclic) bond motifs is 5. The molecule has 0 spiro atoms. The van der Waals surface area contributed by atoms with E-state index in [0.717, 1.165) is 12.0 Å². The van der Waals surface area contributed by atoms with Crippen LogP contribution in [0.1, 0.15) is 43.9 Å². The van der Waals surface area contributed by atoms with Crippen molar-refractivity contribution in [2.45, 2.75) is 38.0 Å². The highest BCUT2D eigenvalue weighted by atomic mass is 19.1. The lowest BCUT2D eigenvalue weighted by Crippen LogP contribution is -2.43. The van der Waals surface area contributed by atoms with Gasteiger partial charge in [-0.25, -0.2) is 8.78 Å². The van der Waals surface area contributed by atoms with Gasteiger partial charge in [0.1, 0.15) is 17.0 Å². The van der Waals surface area contributed by atoms with E-state index in [1.807, 2.05) is 13.8 Å². The standard InChI is InChI=1S/C18H16F2N2O2/c1-17(2)10-6-7-18(17,16(23)24)15-9(10)8-13(21-22-15)14-11(19)4-3-5-12(14)20/h3-5,8,10H,6-7H2,1-2H3,(H,23,24)/t10-,18?/m0/s1. The average molecular weight is 330 g/mol. The van der Waals surface area contributed by atoms with Gasteiger partial charge >= 0.3 is 5.97 Å². The third-order valence-corrected chi connectivity index (χ3v) is 5.97. The summed E-state index contributed by atoms with van der Waals surface area (Å²) in [7, 11) is 0. The molecule has 4 rings (SSSR count). The number of nitrogens with zero attached hydrogens (tertiary/aromatic N) is 2. The zero-order valence-corrected chi connectivity index (χ0v) is 13.3. The van der Waals surface area contributed by atoms with Crippen molar-refractivity contribution in [2.75, 3.05) is 0 Å². The summed E-state index contributed by atoms with van der Waals surface area (Å²) in [5.74, 6) is -2.33. The third kappa shape index (κ3) is 1.58. The number of carboxylic acids is 1. The van der Waals surface area contributed by atoms with Gasteiger partial charge in [0.15, 0.2) is 0 Å². The predicted molar refractivity (Wildman–Crippen MR) is 82.5 cm³/mol. The van der Waals surface area contributed by atoms with E-state index < -0.39 is 28.4 Å². The molecule has 0 aliphatic heterocycles. The van der Waals surface area contributed by atoms with Crippen LogP contribution in [-0.4, -0.2) is 21.3 Å². The van der Waals surface area contributed by atoms with Crippen LogP contribution in [0.5, 0.6) is 0 Å². The van der Waals surface area contributed by atoms with Gasteiger partial charge in [-0.1, -0.05) is 19.9 Å². The monoisotopic (exact) mass is 330 g/mol. The molecule has 1 aromatic heterocycles. The van der Waals surface area contributed by atoms with Gasteiger partial charge in [-0.3, -0.25) is 4.79 Å². The summed E-state index contributed by atoms with van der Waals surface area (Å²) in [4.78, 5) is 12.0. The van der Waals surface area contributed by atoms with E-state index in [1.54, 1.807) is 6.07 Å². The van der Waals surface area contributed by atoms with E-state index in [-0.39, 0.29) is 17.2 Å². The first-order valence-electron chi connectivity index (χ1n) is 7.86. The average Bonchev–Trinajstić information content (AvgIpc) is 2.89. The summed E-state index contributed by atoms with van der Waals surface area (Å²) >= 11 is 0. The van der Waals surface area contributed by atoms with Crippen LogP contribution < -0.4 is 0 Å². The molecule has 1 N–H and O–H groups in total. The van der Waals surface area contributed by atoms with Crippen molar-refractivity contribution in [3.05, 3.63) is 47.2 Å². The summed E-state index contributed by atoms with van der Waals surface area (Å²) < 4.78 is 28.1. The SMILES string of the molecule is CC1(C)[C@H]2CCC1(C(=O)O)c1nnc(-c3c(F)cccc3F)cc12. The minimum Gasteiger partial charge on any atom is -0.481 e. The summed E-state index contributed by atoms with van der Waals surface area (Å²) in [5.41, 5.74) is -0.516. The Bertz CT molecular complexity index is 861. The maximum absolute atomic E-state index is 14.0. The molecular formula is C18H16F2N2O2.